The van der Waals surface area contributed by atoms with Crippen LogP contribution in [0.4, 0.5) is 9.18 Å². The Hall–Kier alpha value is -3.60. The van der Waals surface area contributed by atoms with Crippen LogP contribution >= 0.6 is 0 Å². The second-order valence-corrected chi connectivity index (χ2v) is 6.99. The van der Waals surface area contributed by atoms with Gasteiger partial charge in [0.2, 0.25) is 0 Å². The summed E-state index contributed by atoms with van der Waals surface area (Å²) in [6.07, 6.45) is 4.92. The van der Waals surface area contributed by atoms with Crippen LogP contribution in [-0.2, 0) is 0 Å². The first-order valence-corrected chi connectivity index (χ1v) is 9.36. The van der Waals surface area contributed by atoms with Crippen LogP contribution in [-0.4, -0.2) is 41.1 Å². The van der Waals surface area contributed by atoms with E-state index in [9.17, 15) is 9.18 Å². The molecule has 1 aromatic carbocycles. The monoisotopic (exact) mass is 393 g/mol. The summed E-state index contributed by atoms with van der Waals surface area (Å²) in [5.74, 6) is 0.514. The van der Waals surface area contributed by atoms with Gasteiger partial charge in [-0.25, -0.2) is 19.5 Å². The number of hydrogen-bond donors (Lipinski definition) is 2. The number of hydrogen-bond acceptors (Lipinski definition) is 4. The molecule has 1 aliphatic heterocycles. The Morgan fingerprint density at radius 3 is 2.83 bits per heavy atom. The number of pyridine rings is 1. The minimum Gasteiger partial charge on any atom is -0.496 e. The number of carbonyl (C=O) groups is 1. The zero-order valence-corrected chi connectivity index (χ0v) is 15.9. The maximum atomic E-state index is 13.9. The highest BCUT2D eigenvalue weighted by molar-refractivity contribution is 5.95. The Balaban J connectivity index is 1.64. The second-order valence-electron chi connectivity index (χ2n) is 6.99. The first kappa shape index (κ1) is 18.7. The van der Waals surface area contributed by atoms with Gasteiger partial charge in [-0.2, -0.15) is 5.26 Å². The maximum Gasteiger partial charge on any atom is 0.330 e. The number of ether oxygens (including phenoxy) is 1. The topological polar surface area (TPSA) is 94.0 Å². The number of aromatic amines is 1. The van der Waals surface area contributed by atoms with Gasteiger partial charge in [-0.3, -0.25) is 0 Å². The van der Waals surface area contributed by atoms with E-state index in [4.69, 9.17) is 10.00 Å². The molecular weight excluding hydrogens is 373 g/mol. The van der Waals surface area contributed by atoms with Gasteiger partial charge in [-0.15, -0.1) is 0 Å². The van der Waals surface area contributed by atoms with Crippen LogP contribution in [0.3, 0.4) is 0 Å². The molecular formula is C21H20FN5O2. The smallest absolute Gasteiger partial charge is 0.330 e. The molecule has 1 fully saturated rings. The van der Waals surface area contributed by atoms with E-state index in [2.05, 4.69) is 21.4 Å². The number of nitrogens with one attached hydrogen (secondary N) is 2. The van der Waals surface area contributed by atoms with Crippen molar-refractivity contribution in [1.29, 1.82) is 5.26 Å². The lowest BCUT2D eigenvalue weighted by atomic mass is 9.93. The van der Waals surface area contributed by atoms with Crippen LogP contribution in [0, 0.1) is 17.3 Å². The summed E-state index contributed by atoms with van der Waals surface area (Å²) >= 11 is 0. The van der Waals surface area contributed by atoms with Crippen LogP contribution in [0.25, 0.3) is 22.2 Å². The standard InChI is InChI=1S/C21H20FN5O2/c1-29-19-3-2-14(22)10-16(19)15-4-7-24-20-17(15)11-18(26-20)13-5-8-27(9-6-13)21(28)25-12-23/h2-4,7,10-11,13H,5-6,8-9H2,1H3,(H,24,26)(H,25,28). The molecule has 3 heterocycles. The lowest BCUT2D eigenvalue weighted by Gasteiger charge is -2.30. The molecule has 0 unspecified atom stereocenters. The molecule has 8 heteroatoms. The number of likely N-dealkylation sites (tertiary alicyclic amines) is 1. The molecule has 4 rings (SSSR count). The summed E-state index contributed by atoms with van der Waals surface area (Å²) in [5.41, 5.74) is 3.29. The summed E-state index contributed by atoms with van der Waals surface area (Å²) in [6, 6.07) is 8.01. The summed E-state index contributed by atoms with van der Waals surface area (Å²) in [7, 11) is 1.56. The van der Waals surface area contributed by atoms with Gasteiger partial charge in [0.25, 0.3) is 0 Å². The maximum absolute atomic E-state index is 13.9. The van der Waals surface area contributed by atoms with Crippen molar-refractivity contribution < 1.29 is 13.9 Å². The number of aromatic nitrogens is 2. The third-order valence-corrected chi connectivity index (χ3v) is 5.39. The average Bonchev–Trinajstić information content (AvgIpc) is 3.18. The number of urea groups is 1. The fourth-order valence-corrected chi connectivity index (χ4v) is 3.91. The van der Waals surface area contributed by atoms with Crippen LogP contribution in [0.15, 0.2) is 36.5 Å². The number of halogens is 1. The molecule has 0 bridgehead atoms. The molecule has 3 aromatic rings. The van der Waals surface area contributed by atoms with Gasteiger partial charge < -0.3 is 14.6 Å². The van der Waals surface area contributed by atoms with Crippen molar-refractivity contribution in [2.24, 2.45) is 0 Å². The minimum atomic E-state index is -0.357. The van der Waals surface area contributed by atoms with E-state index in [1.165, 1.54) is 12.1 Å². The molecule has 148 valence electrons. The molecule has 2 N–H and O–H groups in total. The fourth-order valence-electron chi connectivity index (χ4n) is 3.91. The van der Waals surface area contributed by atoms with Crippen molar-refractivity contribution in [2.75, 3.05) is 20.2 Å². The van der Waals surface area contributed by atoms with Gasteiger partial charge in [-0.1, -0.05) is 0 Å². The van der Waals surface area contributed by atoms with E-state index in [0.717, 1.165) is 35.1 Å². The number of methoxy groups -OCH3 is 1. The van der Waals surface area contributed by atoms with E-state index in [-0.39, 0.29) is 17.8 Å². The van der Waals surface area contributed by atoms with Crippen molar-refractivity contribution in [3.63, 3.8) is 0 Å². The highest BCUT2D eigenvalue weighted by Gasteiger charge is 2.25. The highest BCUT2D eigenvalue weighted by Crippen LogP contribution is 2.37. The quantitative estimate of drug-likeness (QED) is 0.523. The van der Waals surface area contributed by atoms with Gasteiger partial charge in [-0.05, 0) is 48.7 Å². The number of amides is 2. The van der Waals surface area contributed by atoms with Crippen molar-refractivity contribution in [1.82, 2.24) is 20.2 Å². The largest absolute Gasteiger partial charge is 0.496 e. The molecule has 2 amide bonds. The van der Waals surface area contributed by atoms with Crippen LogP contribution in [0.2, 0.25) is 0 Å². The van der Waals surface area contributed by atoms with Crippen molar-refractivity contribution in [3.8, 4) is 23.1 Å². The summed E-state index contributed by atoms with van der Waals surface area (Å²) in [6.45, 7) is 1.15. The van der Waals surface area contributed by atoms with E-state index >= 15 is 0 Å². The molecule has 7 nitrogen and oxygen atoms in total. The van der Waals surface area contributed by atoms with Crippen LogP contribution < -0.4 is 10.1 Å². The molecule has 1 saturated heterocycles. The van der Waals surface area contributed by atoms with Gasteiger partial charge in [0.1, 0.15) is 17.2 Å². The molecule has 0 spiro atoms. The molecule has 0 radical (unpaired) electrons. The van der Waals surface area contributed by atoms with Crippen molar-refractivity contribution in [2.45, 2.75) is 18.8 Å². The minimum absolute atomic E-state index is 0.248. The predicted octanol–water partition coefficient (Wildman–Crippen LogP) is 3.75. The predicted molar refractivity (Wildman–Crippen MR) is 106 cm³/mol. The number of nitriles is 1. The lowest BCUT2D eigenvalue weighted by molar-refractivity contribution is 0.185. The highest BCUT2D eigenvalue weighted by atomic mass is 19.1. The molecule has 0 aliphatic carbocycles. The van der Waals surface area contributed by atoms with Gasteiger partial charge >= 0.3 is 6.03 Å². The van der Waals surface area contributed by atoms with Crippen LogP contribution in [0.1, 0.15) is 24.5 Å². The fraction of sp³-hybridized carbons (Fsp3) is 0.286. The lowest BCUT2D eigenvalue weighted by Crippen LogP contribution is -2.42. The first-order valence-electron chi connectivity index (χ1n) is 9.36. The summed E-state index contributed by atoms with van der Waals surface area (Å²) in [4.78, 5) is 21.3. The zero-order chi connectivity index (χ0) is 20.4. The number of rotatable bonds is 3. The number of piperidine rings is 1. The molecule has 0 saturated carbocycles. The zero-order valence-electron chi connectivity index (χ0n) is 15.9. The number of benzene rings is 1. The first-order chi connectivity index (χ1) is 14.1. The SMILES string of the molecule is COc1ccc(F)cc1-c1ccnc2[nH]c(C3CCN(C(=O)NC#N)CC3)cc12. The van der Waals surface area contributed by atoms with Crippen molar-refractivity contribution in [3.05, 3.63) is 48.0 Å². The Bertz CT molecular complexity index is 1100. The van der Waals surface area contributed by atoms with Crippen molar-refractivity contribution >= 4 is 17.1 Å². The normalized spacial score (nSPS) is 14.6. The second kappa shape index (κ2) is 7.80. The third-order valence-electron chi connectivity index (χ3n) is 5.39. The van der Waals surface area contributed by atoms with Crippen LogP contribution in [0.5, 0.6) is 5.75 Å². The molecule has 2 aromatic heterocycles. The molecule has 0 atom stereocenters. The van der Waals surface area contributed by atoms with E-state index in [1.807, 2.05) is 6.07 Å². The summed E-state index contributed by atoms with van der Waals surface area (Å²) < 4.78 is 19.3. The number of fused-ring (bicyclic) bond motifs is 1. The number of nitrogens with zero attached hydrogens (tertiary/aromatic N) is 3. The number of carbonyl (C=O) groups excluding carboxylic acids is 1. The average molecular weight is 393 g/mol. The third kappa shape index (κ3) is 3.59. The Kier molecular flexibility index (Phi) is 5.04. The molecule has 29 heavy (non-hydrogen) atoms. The van der Waals surface area contributed by atoms with Gasteiger partial charge in [0.15, 0.2) is 6.19 Å². The van der Waals surface area contributed by atoms with E-state index < -0.39 is 0 Å². The Morgan fingerprint density at radius 1 is 1.31 bits per heavy atom. The van der Waals surface area contributed by atoms with Gasteiger partial charge in [0.05, 0.1) is 7.11 Å². The van der Waals surface area contributed by atoms with E-state index in [0.29, 0.717) is 24.4 Å². The number of H-pyrrole nitrogens is 1. The van der Waals surface area contributed by atoms with E-state index in [1.54, 1.807) is 30.5 Å². The Morgan fingerprint density at radius 2 is 2.10 bits per heavy atom. The van der Waals surface area contributed by atoms with Gasteiger partial charge in [0, 0.05) is 41.8 Å². The summed E-state index contributed by atoms with van der Waals surface area (Å²) in [5, 5.41) is 11.7. The molecule has 1 aliphatic rings. The Labute approximate surface area is 167 Å².